The second-order valence-electron chi connectivity index (χ2n) is 13.3. The van der Waals surface area contributed by atoms with E-state index < -0.39 is 35.7 Å². The van der Waals surface area contributed by atoms with Crippen LogP contribution in [-0.4, -0.2) is 88.3 Å². The van der Waals surface area contributed by atoms with Crippen LogP contribution in [0.2, 0.25) is 0 Å². The Hall–Kier alpha value is -5.21. The molecule has 0 bridgehead atoms. The first kappa shape index (κ1) is 34.6. The Balaban J connectivity index is 1.22. The smallest absolute Gasteiger partial charge is 0.408 e. The molecule has 0 spiro atoms. The number of thiophene rings is 1. The molecule has 14 heteroatoms. The number of anilines is 3. The number of ether oxygens (including phenoxy) is 2. The summed E-state index contributed by atoms with van der Waals surface area (Å²) in [5.74, 6) is 0.566. The highest BCUT2D eigenvalue weighted by molar-refractivity contribution is 7.21. The third-order valence-corrected chi connectivity index (χ3v) is 9.86. The molecule has 6 rings (SSSR count). The summed E-state index contributed by atoms with van der Waals surface area (Å²) in [5, 5.41) is 16.6. The van der Waals surface area contributed by atoms with E-state index >= 15 is 0 Å². The second-order valence-corrected chi connectivity index (χ2v) is 14.3. The predicted molar refractivity (Wildman–Crippen MR) is 191 cm³/mol. The maximum atomic E-state index is 13.8. The lowest BCUT2D eigenvalue weighted by atomic mass is 10.0. The largest absolute Gasteiger partial charge is 0.465 e. The van der Waals surface area contributed by atoms with Gasteiger partial charge in [-0.05, 0) is 82.5 Å². The van der Waals surface area contributed by atoms with E-state index in [9.17, 15) is 24.3 Å². The van der Waals surface area contributed by atoms with E-state index in [0.29, 0.717) is 63.0 Å². The van der Waals surface area contributed by atoms with Crippen molar-refractivity contribution in [1.82, 2.24) is 20.1 Å². The van der Waals surface area contributed by atoms with Crippen molar-refractivity contribution in [3.05, 3.63) is 71.2 Å². The molecule has 0 unspecified atom stereocenters. The number of aromatic nitrogens is 1. The summed E-state index contributed by atoms with van der Waals surface area (Å²) in [6.45, 7) is 7.61. The summed E-state index contributed by atoms with van der Waals surface area (Å²) in [6, 6.07) is 14.8. The van der Waals surface area contributed by atoms with Crippen LogP contribution >= 0.6 is 11.3 Å². The monoisotopic (exact) mass is 700 g/mol. The molecular formula is C36H40N6O7S. The number of aryl methyl sites for hydroxylation is 1. The van der Waals surface area contributed by atoms with E-state index in [1.165, 1.54) is 18.4 Å². The van der Waals surface area contributed by atoms with Gasteiger partial charge in [0.1, 0.15) is 27.2 Å². The van der Waals surface area contributed by atoms with E-state index in [-0.39, 0.29) is 19.1 Å². The van der Waals surface area contributed by atoms with Crippen molar-refractivity contribution in [2.75, 3.05) is 37.0 Å². The number of nitrogens with one attached hydrogen (secondary N) is 2. The number of hydrogen-bond acceptors (Lipinski definition) is 8. The Morgan fingerprint density at radius 3 is 2.56 bits per heavy atom. The van der Waals surface area contributed by atoms with Gasteiger partial charge in [-0.15, -0.1) is 11.3 Å². The van der Waals surface area contributed by atoms with Crippen LogP contribution in [0.3, 0.4) is 0 Å². The molecule has 4 heterocycles. The van der Waals surface area contributed by atoms with Crippen molar-refractivity contribution in [2.45, 2.75) is 58.2 Å². The molecule has 1 saturated heterocycles. The quantitative estimate of drug-likeness (QED) is 0.177. The second kappa shape index (κ2) is 14.0. The molecule has 50 heavy (non-hydrogen) atoms. The number of benzene rings is 2. The molecule has 3 N–H and O–H groups in total. The number of methoxy groups -OCH3 is 1. The third kappa shape index (κ3) is 6.81. The number of urea groups is 1. The van der Waals surface area contributed by atoms with Crippen molar-refractivity contribution in [1.29, 1.82) is 0 Å². The standard InChI is InChI=1S/C36H40N6O7S/c1-21-18-24(49-23-11-7-6-8-12-23)13-14-25(21)41-26-15-16-37-32-28(26)29(39-34(41)45)30(50-32)31(43)38-22-10-9-17-40(19-22)33(44)27(20-48-5)42(35(46)47)36(2,3)4/h6-8,11-16,18,22,27H,9-10,17,19-20H2,1-5H3,(H,38,43)(H,39,45)(H,46,47)/t22-,27-/m1/s1. The molecule has 1 fully saturated rings. The molecular weight excluding hydrogens is 660 g/mol. The first-order valence-corrected chi connectivity index (χ1v) is 17.2. The number of pyridine rings is 1. The molecule has 4 aromatic rings. The maximum absolute atomic E-state index is 13.8. The molecule has 0 saturated carbocycles. The van der Waals surface area contributed by atoms with Gasteiger partial charge in [0.15, 0.2) is 0 Å². The Kier molecular flexibility index (Phi) is 9.67. The van der Waals surface area contributed by atoms with Crippen LogP contribution < -0.4 is 20.3 Å². The summed E-state index contributed by atoms with van der Waals surface area (Å²) in [6.07, 6.45) is 1.64. The number of nitrogens with zero attached hydrogens (tertiary/aromatic N) is 4. The fraction of sp³-hybridized carbons (Fsp3) is 0.361. The van der Waals surface area contributed by atoms with E-state index in [1.54, 1.807) is 48.9 Å². The zero-order chi connectivity index (χ0) is 35.7. The Morgan fingerprint density at radius 2 is 1.88 bits per heavy atom. The summed E-state index contributed by atoms with van der Waals surface area (Å²) in [4.78, 5) is 63.2. The molecule has 0 radical (unpaired) electrons. The number of carboxylic acid groups (broad SMARTS) is 1. The van der Waals surface area contributed by atoms with Crippen molar-refractivity contribution < 1.29 is 33.8 Å². The van der Waals surface area contributed by atoms with E-state index in [2.05, 4.69) is 15.6 Å². The van der Waals surface area contributed by atoms with E-state index in [1.807, 2.05) is 49.4 Å². The maximum Gasteiger partial charge on any atom is 0.408 e. The first-order valence-electron chi connectivity index (χ1n) is 16.3. The van der Waals surface area contributed by atoms with Crippen molar-refractivity contribution in [3.63, 3.8) is 0 Å². The Bertz CT molecular complexity index is 1940. The van der Waals surface area contributed by atoms with E-state index in [4.69, 9.17) is 9.47 Å². The third-order valence-electron chi connectivity index (χ3n) is 8.76. The zero-order valence-corrected chi connectivity index (χ0v) is 29.4. The molecule has 13 nitrogen and oxygen atoms in total. The molecule has 2 atom stereocenters. The van der Waals surface area contributed by atoms with Gasteiger partial charge in [0, 0.05) is 38.0 Å². The normalized spacial score (nSPS) is 16.5. The summed E-state index contributed by atoms with van der Waals surface area (Å²) < 4.78 is 11.3. The number of carbonyl (C=O) groups is 4. The lowest BCUT2D eigenvalue weighted by molar-refractivity contribution is -0.141. The Labute approximate surface area is 293 Å². The number of likely N-dealkylation sites (tertiary alicyclic amines) is 1. The number of piperidine rings is 1. The SMILES string of the molecule is COC[C@H](C(=O)N1CCC[C@@H](NC(=O)c2sc3nccc4c3c2NC(=O)N4c2ccc(Oc3ccccc3)cc2C)C1)N(C(=O)O)C(C)(C)C. The van der Waals surface area contributed by atoms with Crippen LogP contribution in [0.15, 0.2) is 60.8 Å². The van der Waals surface area contributed by atoms with Crippen molar-refractivity contribution in [3.8, 4) is 11.5 Å². The highest BCUT2D eigenvalue weighted by Gasteiger charge is 2.41. The van der Waals surface area contributed by atoms with Gasteiger partial charge in [-0.1, -0.05) is 18.2 Å². The molecule has 0 aliphatic carbocycles. The summed E-state index contributed by atoms with van der Waals surface area (Å²) in [7, 11) is 1.43. The summed E-state index contributed by atoms with van der Waals surface area (Å²) >= 11 is 1.18. The molecule has 262 valence electrons. The van der Waals surface area contributed by atoms with Gasteiger partial charge in [-0.3, -0.25) is 19.4 Å². The van der Waals surface area contributed by atoms with Gasteiger partial charge < -0.3 is 30.1 Å². The van der Waals surface area contributed by atoms with Crippen LogP contribution in [0.5, 0.6) is 11.5 Å². The lowest BCUT2D eigenvalue weighted by Crippen LogP contribution is -2.61. The van der Waals surface area contributed by atoms with Gasteiger partial charge in [-0.2, -0.15) is 0 Å². The minimum atomic E-state index is -1.22. The van der Waals surface area contributed by atoms with Crippen LogP contribution in [-0.2, 0) is 9.53 Å². The van der Waals surface area contributed by atoms with E-state index in [0.717, 1.165) is 10.5 Å². The molecule has 2 aliphatic heterocycles. The van der Waals surface area contributed by atoms with Crippen molar-refractivity contribution >= 4 is 62.6 Å². The average Bonchev–Trinajstić information content (AvgIpc) is 3.44. The number of para-hydroxylation sites is 1. The molecule has 2 aromatic heterocycles. The fourth-order valence-electron chi connectivity index (χ4n) is 6.61. The van der Waals surface area contributed by atoms with Gasteiger partial charge in [0.05, 0.1) is 29.1 Å². The van der Waals surface area contributed by atoms with Gasteiger partial charge in [0.2, 0.25) is 5.91 Å². The van der Waals surface area contributed by atoms with Gasteiger partial charge >= 0.3 is 12.1 Å². The van der Waals surface area contributed by atoms with Crippen LogP contribution in [0.25, 0.3) is 10.2 Å². The fourth-order valence-corrected chi connectivity index (χ4v) is 7.63. The van der Waals surface area contributed by atoms with Gasteiger partial charge in [-0.25, -0.2) is 14.6 Å². The molecule has 2 aromatic carbocycles. The predicted octanol–water partition coefficient (Wildman–Crippen LogP) is 6.59. The van der Waals surface area contributed by atoms with Gasteiger partial charge in [0.25, 0.3) is 5.91 Å². The molecule has 2 aliphatic rings. The minimum Gasteiger partial charge on any atom is -0.465 e. The average molecular weight is 701 g/mol. The van der Waals surface area contributed by atoms with Crippen LogP contribution in [0.1, 0.15) is 48.8 Å². The summed E-state index contributed by atoms with van der Waals surface area (Å²) in [5.41, 5.74) is 1.62. The zero-order valence-electron chi connectivity index (χ0n) is 28.6. The Morgan fingerprint density at radius 1 is 1.12 bits per heavy atom. The highest BCUT2D eigenvalue weighted by Crippen LogP contribution is 2.46. The van der Waals surface area contributed by atoms with Crippen molar-refractivity contribution in [2.24, 2.45) is 0 Å². The number of amides is 5. The lowest BCUT2D eigenvalue weighted by Gasteiger charge is -2.42. The first-order chi connectivity index (χ1) is 23.9. The number of rotatable bonds is 9. The number of hydrogen-bond donors (Lipinski definition) is 3. The molecule has 5 amide bonds. The topological polar surface area (TPSA) is 154 Å². The number of carbonyl (C=O) groups excluding carboxylic acids is 3. The highest BCUT2D eigenvalue weighted by atomic mass is 32.1. The minimum absolute atomic E-state index is 0.0990. The van der Waals surface area contributed by atoms with Crippen LogP contribution in [0.4, 0.5) is 26.7 Å². The van der Waals surface area contributed by atoms with Crippen LogP contribution in [0, 0.1) is 6.92 Å².